The molecule has 0 bridgehead atoms. The van der Waals surface area contributed by atoms with E-state index in [-0.39, 0.29) is 5.95 Å². The molecule has 0 saturated heterocycles. The van der Waals surface area contributed by atoms with Crippen molar-refractivity contribution in [2.24, 2.45) is 0 Å². The van der Waals surface area contributed by atoms with Crippen LogP contribution in [0.2, 0.25) is 0 Å². The Hall–Kier alpha value is -2.41. The number of nitrogens with two attached hydrogens (primary N) is 1. The lowest BCUT2D eigenvalue weighted by atomic mass is 10.4. The third kappa shape index (κ3) is 2.15. The third-order valence-electron chi connectivity index (χ3n) is 2.60. The van der Waals surface area contributed by atoms with Crippen LogP contribution in [-0.2, 0) is 11.3 Å². The molecule has 7 heteroatoms. The van der Waals surface area contributed by atoms with Crippen LogP contribution in [-0.4, -0.2) is 26.2 Å². The predicted octanol–water partition coefficient (Wildman–Crippen LogP) is 1.50. The minimum absolute atomic E-state index is 0.275. The van der Waals surface area contributed by atoms with E-state index in [4.69, 9.17) is 14.9 Å². The summed E-state index contributed by atoms with van der Waals surface area (Å²) in [4.78, 5) is 8.58. The van der Waals surface area contributed by atoms with Crippen LogP contribution in [0.5, 0.6) is 0 Å². The maximum Gasteiger partial charge on any atom is 0.223 e. The molecule has 0 radical (unpaired) electrons. The van der Waals surface area contributed by atoms with E-state index in [0.717, 1.165) is 5.69 Å². The lowest BCUT2D eigenvalue weighted by Gasteiger charge is -2.02. The fourth-order valence-corrected chi connectivity index (χ4v) is 1.75. The van der Waals surface area contributed by atoms with Crippen molar-refractivity contribution in [3.63, 3.8) is 0 Å². The van der Waals surface area contributed by atoms with Crippen LogP contribution in [0.4, 0.5) is 5.95 Å². The number of anilines is 1. The first-order valence-corrected chi connectivity index (χ1v) is 5.91. The number of rotatable bonds is 4. The van der Waals surface area contributed by atoms with Crippen molar-refractivity contribution in [2.45, 2.75) is 13.5 Å². The first kappa shape index (κ1) is 11.7. The molecule has 0 fully saturated rings. The van der Waals surface area contributed by atoms with E-state index < -0.39 is 0 Å². The second-order valence-corrected chi connectivity index (χ2v) is 3.93. The summed E-state index contributed by atoms with van der Waals surface area (Å²) in [5.41, 5.74) is 7.20. The van der Waals surface area contributed by atoms with Gasteiger partial charge in [0.05, 0.1) is 18.6 Å². The number of furan rings is 1. The lowest BCUT2D eigenvalue weighted by Crippen LogP contribution is -2.05. The van der Waals surface area contributed by atoms with Crippen LogP contribution in [0.1, 0.15) is 12.6 Å². The molecule has 98 valence electrons. The molecule has 3 aromatic heterocycles. The van der Waals surface area contributed by atoms with Crippen LogP contribution in [0.25, 0.3) is 17.2 Å². The van der Waals surface area contributed by atoms with Crippen LogP contribution >= 0.6 is 0 Å². The van der Waals surface area contributed by atoms with E-state index in [9.17, 15) is 0 Å². The largest absolute Gasteiger partial charge is 0.461 e. The molecule has 7 nitrogen and oxygen atoms in total. The Bertz CT molecular complexity index is 690. The van der Waals surface area contributed by atoms with Crippen molar-refractivity contribution < 1.29 is 9.15 Å². The first-order chi connectivity index (χ1) is 9.28. The summed E-state index contributed by atoms with van der Waals surface area (Å²) in [5.74, 6) is 1.35. The smallest absolute Gasteiger partial charge is 0.223 e. The first-order valence-electron chi connectivity index (χ1n) is 5.91. The average Bonchev–Trinajstić information content (AvgIpc) is 3.04. The zero-order valence-electron chi connectivity index (χ0n) is 10.4. The van der Waals surface area contributed by atoms with Crippen molar-refractivity contribution in [3.05, 3.63) is 30.2 Å². The molecule has 0 atom stereocenters. The molecule has 0 unspecified atom stereocenters. The second-order valence-electron chi connectivity index (χ2n) is 3.93. The molecular weight excluding hydrogens is 246 g/mol. The minimum atomic E-state index is 0.275. The molecule has 2 N–H and O–H groups in total. The van der Waals surface area contributed by atoms with E-state index in [1.54, 1.807) is 24.5 Å². The number of ether oxygens (including phenoxy) is 1. The molecule has 0 aromatic carbocycles. The molecule has 0 aliphatic heterocycles. The fraction of sp³-hybridized carbons (Fsp3) is 0.250. The Kier molecular flexibility index (Phi) is 2.88. The van der Waals surface area contributed by atoms with E-state index in [0.29, 0.717) is 30.4 Å². The molecule has 3 heterocycles. The van der Waals surface area contributed by atoms with Gasteiger partial charge in [-0.05, 0) is 19.1 Å². The zero-order chi connectivity index (χ0) is 13.2. The normalized spacial score (nSPS) is 11.2. The molecule has 0 spiro atoms. The van der Waals surface area contributed by atoms with E-state index in [2.05, 4.69) is 15.1 Å². The van der Waals surface area contributed by atoms with E-state index >= 15 is 0 Å². The van der Waals surface area contributed by atoms with Crippen LogP contribution in [0.15, 0.2) is 28.9 Å². The molecule has 19 heavy (non-hydrogen) atoms. The van der Waals surface area contributed by atoms with Gasteiger partial charge in [0.15, 0.2) is 11.4 Å². The maximum absolute atomic E-state index is 5.86. The fourth-order valence-electron chi connectivity index (χ4n) is 1.75. The monoisotopic (exact) mass is 259 g/mol. The summed E-state index contributed by atoms with van der Waals surface area (Å²) in [6, 6.07) is 5.37. The summed E-state index contributed by atoms with van der Waals surface area (Å²) < 4.78 is 12.0. The molecule has 0 saturated carbocycles. The predicted molar refractivity (Wildman–Crippen MR) is 68.2 cm³/mol. The summed E-state index contributed by atoms with van der Waals surface area (Å²) in [7, 11) is 0. The van der Waals surface area contributed by atoms with Gasteiger partial charge in [0.2, 0.25) is 11.8 Å². The average molecular weight is 259 g/mol. The van der Waals surface area contributed by atoms with Gasteiger partial charge in [-0.2, -0.15) is 4.52 Å². The zero-order valence-corrected chi connectivity index (χ0v) is 10.4. The van der Waals surface area contributed by atoms with Crippen LogP contribution in [0, 0.1) is 0 Å². The summed E-state index contributed by atoms with van der Waals surface area (Å²) in [5, 5.41) is 4.26. The van der Waals surface area contributed by atoms with Gasteiger partial charge in [0, 0.05) is 12.7 Å². The van der Waals surface area contributed by atoms with E-state index in [1.807, 2.05) is 6.92 Å². The van der Waals surface area contributed by atoms with Crippen LogP contribution in [0.3, 0.4) is 0 Å². The highest BCUT2D eigenvalue weighted by atomic mass is 16.5. The maximum atomic E-state index is 5.86. The van der Waals surface area contributed by atoms with Crippen molar-refractivity contribution in [2.75, 3.05) is 12.3 Å². The van der Waals surface area contributed by atoms with Gasteiger partial charge >= 0.3 is 0 Å². The minimum Gasteiger partial charge on any atom is -0.461 e. The van der Waals surface area contributed by atoms with Gasteiger partial charge in [-0.3, -0.25) is 0 Å². The number of aromatic nitrogens is 4. The standard InChI is InChI=1S/C12H13N5O2/c1-2-18-7-8-6-10-15-11(9-4-3-5-19-9)16-17(10)12(13)14-8/h3-6H,2,7H2,1H3,(H2,13,14). The molecule has 3 rings (SSSR count). The highest BCUT2D eigenvalue weighted by Crippen LogP contribution is 2.18. The highest BCUT2D eigenvalue weighted by molar-refractivity contribution is 5.54. The Morgan fingerprint density at radius 1 is 1.42 bits per heavy atom. The Labute approximate surface area is 109 Å². The number of hydrogen-bond donors (Lipinski definition) is 1. The Morgan fingerprint density at radius 3 is 3.05 bits per heavy atom. The number of nitrogens with zero attached hydrogens (tertiary/aromatic N) is 4. The quantitative estimate of drug-likeness (QED) is 0.763. The summed E-state index contributed by atoms with van der Waals surface area (Å²) >= 11 is 0. The molecule has 0 aliphatic rings. The van der Waals surface area contributed by atoms with Gasteiger partial charge < -0.3 is 14.9 Å². The number of hydrogen-bond acceptors (Lipinski definition) is 6. The lowest BCUT2D eigenvalue weighted by molar-refractivity contribution is 0.131. The van der Waals surface area contributed by atoms with Crippen LogP contribution < -0.4 is 5.73 Å². The van der Waals surface area contributed by atoms with E-state index in [1.165, 1.54) is 4.52 Å². The number of nitrogen functional groups attached to an aromatic ring is 1. The number of fused-ring (bicyclic) bond motifs is 1. The SMILES string of the molecule is CCOCc1cc2nc(-c3ccco3)nn2c(N)n1. The van der Waals surface area contributed by atoms with Gasteiger partial charge in [0.25, 0.3) is 0 Å². The molecule has 0 aliphatic carbocycles. The third-order valence-corrected chi connectivity index (χ3v) is 2.60. The summed E-state index contributed by atoms with van der Waals surface area (Å²) in [6.07, 6.45) is 1.57. The van der Waals surface area contributed by atoms with Gasteiger partial charge in [-0.15, -0.1) is 5.10 Å². The van der Waals surface area contributed by atoms with Crippen molar-refractivity contribution in [1.29, 1.82) is 0 Å². The molecular formula is C12H13N5O2. The van der Waals surface area contributed by atoms with Crippen molar-refractivity contribution in [3.8, 4) is 11.6 Å². The second kappa shape index (κ2) is 4.69. The Morgan fingerprint density at radius 2 is 2.32 bits per heavy atom. The van der Waals surface area contributed by atoms with Crippen molar-refractivity contribution >= 4 is 11.6 Å². The summed E-state index contributed by atoms with van der Waals surface area (Å²) in [6.45, 7) is 2.95. The van der Waals surface area contributed by atoms with Gasteiger partial charge in [-0.25, -0.2) is 9.97 Å². The van der Waals surface area contributed by atoms with Gasteiger partial charge in [-0.1, -0.05) is 0 Å². The molecule has 3 aromatic rings. The molecule has 0 amide bonds. The van der Waals surface area contributed by atoms with Crippen molar-refractivity contribution in [1.82, 2.24) is 19.6 Å². The Balaban J connectivity index is 2.04. The highest BCUT2D eigenvalue weighted by Gasteiger charge is 2.12. The topological polar surface area (TPSA) is 91.5 Å². The van der Waals surface area contributed by atoms with Gasteiger partial charge in [0.1, 0.15) is 0 Å².